The molecule has 0 aliphatic carbocycles. The number of hydrogen-bond acceptors (Lipinski definition) is 1. The molecule has 0 radical (unpaired) electrons. The number of rotatable bonds is 9. The van der Waals surface area contributed by atoms with E-state index in [2.05, 4.69) is 32.1 Å². The fourth-order valence-corrected chi connectivity index (χ4v) is 2.27. The number of allylic oxidation sites excluding steroid dienone is 1. The maximum Gasteiger partial charge on any atom is 0.307 e. The SMILES string of the molecule is CCC/C=C/c1cc(CCCCC)cc(CC(=O)O)c1. The van der Waals surface area contributed by atoms with E-state index in [0.717, 1.165) is 30.4 Å². The largest absolute Gasteiger partial charge is 0.481 e. The Kier molecular flexibility index (Phi) is 7.71. The lowest BCUT2D eigenvalue weighted by atomic mass is 9.99. The van der Waals surface area contributed by atoms with Crippen molar-refractivity contribution in [1.82, 2.24) is 0 Å². The maximum atomic E-state index is 10.9. The molecule has 0 bridgehead atoms. The Morgan fingerprint density at radius 3 is 2.50 bits per heavy atom. The molecule has 2 nitrogen and oxygen atoms in total. The van der Waals surface area contributed by atoms with Crippen LogP contribution in [0.1, 0.15) is 62.6 Å². The van der Waals surface area contributed by atoms with Crippen LogP contribution < -0.4 is 0 Å². The number of carboxylic acid groups (broad SMARTS) is 1. The first-order chi connectivity index (χ1) is 9.65. The Morgan fingerprint density at radius 2 is 1.85 bits per heavy atom. The van der Waals surface area contributed by atoms with Crippen LogP contribution in [0.5, 0.6) is 0 Å². The fraction of sp³-hybridized carbons (Fsp3) is 0.500. The first kappa shape index (κ1) is 16.5. The molecule has 0 spiro atoms. The molecule has 0 unspecified atom stereocenters. The lowest BCUT2D eigenvalue weighted by molar-refractivity contribution is -0.136. The Morgan fingerprint density at radius 1 is 1.10 bits per heavy atom. The molecular weight excluding hydrogens is 248 g/mol. The van der Waals surface area contributed by atoms with E-state index in [-0.39, 0.29) is 6.42 Å². The summed E-state index contributed by atoms with van der Waals surface area (Å²) >= 11 is 0. The van der Waals surface area contributed by atoms with E-state index >= 15 is 0 Å². The van der Waals surface area contributed by atoms with Gasteiger partial charge in [-0.3, -0.25) is 4.79 Å². The van der Waals surface area contributed by atoms with E-state index in [0.29, 0.717) is 0 Å². The first-order valence-corrected chi connectivity index (χ1v) is 7.66. The van der Waals surface area contributed by atoms with E-state index in [1.807, 2.05) is 12.1 Å². The summed E-state index contributed by atoms with van der Waals surface area (Å²) in [5, 5.41) is 8.96. The van der Waals surface area contributed by atoms with Crippen LogP contribution >= 0.6 is 0 Å². The van der Waals surface area contributed by atoms with Gasteiger partial charge in [0, 0.05) is 0 Å². The number of aryl methyl sites for hydroxylation is 1. The smallest absolute Gasteiger partial charge is 0.307 e. The topological polar surface area (TPSA) is 37.3 Å². The molecule has 20 heavy (non-hydrogen) atoms. The number of aliphatic carboxylic acids is 1. The molecule has 0 aliphatic heterocycles. The molecule has 1 aromatic rings. The Bertz CT molecular complexity index is 447. The van der Waals surface area contributed by atoms with Gasteiger partial charge >= 0.3 is 5.97 Å². The molecule has 1 rings (SSSR count). The molecule has 2 heteroatoms. The average Bonchev–Trinajstić information content (AvgIpc) is 2.38. The second-order valence-corrected chi connectivity index (χ2v) is 5.30. The van der Waals surface area contributed by atoms with Crippen molar-refractivity contribution in [1.29, 1.82) is 0 Å². The van der Waals surface area contributed by atoms with E-state index in [4.69, 9.17) is 5.11 Å². The molecular formula is C18H26O2. The Balaban J connectivity index is 2.85. The summed E-state index contributed by atoms with van der Waals surface area (Å²) in [5.41, 5.74) is 3.29. The van der Waals surface area contributed by atoms with Crippen molar-refractivity contribution in [3.8, 4) is 0 Å². The minimum Gasteiger partial charge on any atom is -0.481 e. The maximum absolute atomic E-state index is 10.9. The van der Waals surface area contributed by atoms with Gasteiger partial charge in [-0.15, -0.1) is 0 Å². The third-order valence-electron chi connectivity index (χ3n) is 3.26. The van der Waals surface area contributed by atoms with Crippen molar-refractivity contribution in [3.05, 3.63) is 41.0 Å². The molecule has 1 N–H and O–H groups in total. The van der Waals surface area contributed by atoms with Crippen molar-refractivity contribution in [2.24, 2.45) is 0 Å². The summed E-state index contributed by atoms with van der Waals surface area (Å²) in [6.07, 6.45) is 11.2. The molecule has 0 aromatic heterocycles. The zero-order valence-corrected chi connectivity index (χ0v) is 12.7. The second-order valence-electron chi connectivity index (χ2n) is 5.30. The second kappa shape index (κ2) is 9.35. The predicted octanol–water partition coefficient (Wildman–Crippen LogP) is 4.86. The summed E-state index contributed by atoms with van der Waals surface area (Å²) in [5.74, 6) is -0.765. The molecule has 0 atom stereocenters. The molecule has 1 aromatic carbocycles. The predicted molar refractivity (Wildman–Crippen MR) is 85.0 cm³/mol. The molecule has 0 saturated heterocycles. The first-order valence-electron chi connectivity index (χ1n) is 7.66. The fourth-order valence-electron chi connectivity index (χ4n) is 2.27. The van der Waals surface area contributed by atoms with Gasteiger partial charge < -0.3 is 5.11 Å². The minimum atomic E-state index is -0.765. The average molecular weight is 274 g/mol. The summed E-state index contributed by atoms with van der Waals surface area (Å²) in [6, 6.07) is 6.22. The summed E-state index contributed by atoms with van der Waals surface area (Å²) < 4.78 is 0. The lowest BCUT2D eigenvalue weighted by Gasteiger charge is -2.07. The van der Waals surface area contributed by atoms with Gasteiger partial charge in [0.2, 0.25) is 0 Å². The number of carboxylic acids is 1. The molecule has 0 fully saturated rings. The van der Waals surface area contributed by atoms with Crippen LogP contribution in [-0.4, -0.2) is 11.1 Å². The van der Waals surface area contributed by atoms with Crippen molar-refractivity contribution in [3.63, 3.8) is 0 Å². The van der Waals surface area contributed by atoms with E-state index in [9.17, 15) is 4.79 Å². The highest BCUT2D eigenvalue weighted by atomic mass is 16.4. The van der Waals surface area contributed by atoms with Crippen LogP contribution in [0.2, 0.25) is 0 Å². The Labute approximate surface area is 122 Å². The van der Waals surface area contributed by atoms with Crippen molar-refractivity contribution >= 4 is 12.0 Å². The van der Waals surface area contributed by atoms with Crippen molar-refractivity contribution < 1.29 is 9.90 Å². The zero-order valence-electron chi connectivity index (χ0n) is 12.7. The van der Waals surface area contributed by atoms with Gasteiger partial charge in [0.05, 0.1) is 6.42 Å². The molecule has 0 heterocycles. The van der Waals surface area contributed by atoms with Crippen LogP contribution in [0.25, 0.3) is 6.08 Å². The Hall–Kier alpha value is -1.57. The van der Waals surface area contributed by atoms with Gasteiger partial charge in [-0.25, -0.2) is 0 Å². The highest BCUT2D eigenvalue weighted by Crippen LogP contribution is 2.16. The van der Waals surface area contributed by atoms with E-state index in [1.165, 1.54) is 24.8 Å². The van der Waals surface area contributed by atoms with Crippen molar-refractivity contribution in [2.45, 2.75) is 58.8 Å². The minimum absolute atomic E-state index is 0.107. The quantitative estimate of drug-likeness (QED) is 0.653. The van der Waals surface area contributed by atoms with Gasteiger partial charge in [-0.05, 0) is 36.0 Å². The van der Waals surface area contributed by atoms with Crippen LogP contribution in [0, 0.1) is 0 Å². The number of carbonyl (C=O) groups is 1. The van der Waals surface area contributed by atoms with Gasteiger partial charge in [-0.2, -0.15) is 0 Å². The number of hydrogen-bond donors (Lipinski definition) is 1. The van der Waals surface area contributed by atoms with Crippen LogP contribution in [0.3, 0.4) is 0 Å². The number of unbranched alkanes of at least 4 members (excludes halogenated alkanes) is 3. The van der Waals surface area contributed by atoms with E-state index in [1.54, 1.807) is 0 Å². The zero-order chi connectivity index (χ0) is 14.8. The normalized spacial score (nSPS) is 11.1. The third-order valence-corrected chi connectivity index (χ3v) is 3.26. The number of benzene rings is 1. The van der Waals surface area contributed by atoms with Gasteiger partial charge in [0.15, 0.2) is 0 Å². The highest BCUT2D eigenvalue weighted by Gasteiger charge is 2.04. The van der Waals surface area contributed by atoms with Crippen molar-refractivity contribution in [2.75, 3.05) is 0 Å². The summed E-state index contributed by atoms with van der Waals surface area (Å²) in [4.78, 5) is 10.9. The lowest BCUT2D eigenvalue weighted by Crippen LogP contribution is -2.01. The summed E-state index contributed by atoms with van der Waals surface area (Å²) in [7, 11) is 0. The highest BCUT2D eigenvalue weighted by molar-refractivity contribution is 5.70. The standard InChI is InChI=1S/C18H26O2/c1-3-5-7-9-15-11-16(10-8-6-4-2)13-17(12-15)14-18(19)20/h7,9,11-13H,3-6,8,10,14H2,1-2H3,(H,19,20)/b9-7+. The molecule has 0 saturated carbocycles. The molecule has 0 amide bonds. The van der Waals surface area contributed by atoms with Crippen LogP contribution in [-0.2, 0) is 17.6 Å². The monoisotopic (exact) mass is 274 g/mol. The molecule has 110 valence electrons. The van der Waals surface area contributed by atoms with Gasteiger partial charge in [0.25, 0.3) is 0 Å². The van der Waals surface area contributed by atoms with E-state index < -0.39 is 5.97 Å². The summed E-state index contributed by atoms with van der Waals surface area (Å²) in [6.45, 7) is 4.35. The van der Waals surface area contributed by atoms with Crippen LogP contribution in [0.15, 0.2) is 24.3 Å². The third kappa shape index (κ3) is 6.55. The molecule has 0 aliphatic rings. The van der Waals surface area contributed by atoms with Crippen LogP contribution in [0.4, 0.5) is 0 Å². The van der Waals surface area contributed by atoms with Gasteiger partial charge in [0.1, 0.15) is 0 Å². The van der Waals surface area contributed by atoms with Gasteiger partial charge in [-0.1, -0.05) is 63.5 Å².